The molecule has 5 heteroatoms. The molecule has 14 heavy (non-hydrogen) atoms. The van der Waals surface area contributed by atoms with Gasteiger partial charge in [0.05, 0.1) is 25.9 Å². The van der Waals surface area contributed by atoms with E-state index >= 15 is 0 Å². The van der Waals surface area contributed by atoms with Gasteiger partial charge in [0, 0.05) is 13.2 Å². The largest absolute Gasteiger partial charge is 0.466 e. The maximum absolute atomic E-state index is 11.2. The lowest BCUT2D eigenvalue weighted by molar-refractivity contribution is -0.139. The normalized spacial score (nSPS) is 13.3. The van der Waals surface area contributed by atoms with Crippen molar-refractivity contribution in [3.8, 4) is 0 Å². The molecule has 0 N–H and O–H groups in total. The zero-order valence-corrected chi connectivity index (χ0v) is 8.70. The van der Waals surface area contributed by atoms with Crippen molar-refractivity contribution < 1.29 is 23.8 Å². The molecular formula is C9H14O5. The molecule has 0 aromatic carbocycles. The van der Waals surface area contributed by atoms with E-state index in [0.717, 1.165) is 6.08 Å². The van der Waals surface area contributed by atoms with Crippen LogP contribution in [0.4, 0.5) is 0 Å². The molecule has 1 unspecified atom stereocenters. The first-order chi connectivity index (χ1) is 6.56. The van der Waals surface area contributed by atoms with Crippen LogP contribution in [0.5, 0.6) is 0 Å². The van der Waals surface area contributed by atoms with Crippen molar-refractivity contribution in [2.75, 3.05) is 21.3 Å². The minimum absolute atomic E-state index is 0.127. The summed E-state index contributed by atoms with van der Waals surface area (Å²) in [5.74, 6) is -1.22. The SMILES string of the molecule is COC(=O)/C=C(/C(=O)OC)C(C)OC. The quantitative estimate of drug-likeness (QED) is 0.484. The minimum Gasteiger partial charge on any atom is -0.466 e. The van der Waals surface area contributed by atoms with Gasteiger partial charge in [0.2, 0.25) is 0 Å². The predicted octanol–water partition coefficient (Wildman–Crippen LogP) is 0.294. The Morgan fingerprint density at radius 3 is 2.07 bits per heavy atom. The Balaban J connectivity index is 4.80. The number of methoxy groups -OCH3 is 3. The summed E-state index contributed by atoms with van der Waals surface area (Å²) in [6.45, 7) is 1.63. The maximum Gasteiger partial charge on any atom is 0.336 e. The first-order valence-electron chi connectivity index (χ1n) is 3.97. The number of rotatable bonds is 4. The standard InChI is InChI=1S/C9H14O5/c1-6(12-2)7(9(11)14-4)5-8(10)13-3/h5-6H,1-4H3/b7-5+. The lowest BCUT2D eigenvalue weighted by atomic mass is 10.1. The molecule has 0 saturated heterocycles. The highest BCUT2D eigenvalue weighted by Crippen LogP contribution is 2.07. The average molecular weight is 202 g/mol. The van der Waals surface area contributed by atoms with Crippen molar-refractivity contribution in [1.29, 1.82) is 0 Å². The number of carbonyl (C=O) groups excluding carboxylic acids is 2. The van der Waals surface area contributed by atoms with Gasteiger partial charge in [0.25, 0.3) is 0 Å². The van der Waals surface area contributed by atoms with Crippen LogP contribution in [0, 0.1) is 0 Å². The van der Waals surface area contributed by atoms with E-state index in [4.69, 9.17) is 4.74 Å². The fourth-order valence-electron chi connectivity index (χ4n) is 0.773. The lowest BCUT2D eigenvalue weighted by Gasteiger charge is -2.11. The molecule has 0 aromatic heterocycles. The molecule has 0 aliphatic heterocycles. The van der Waals surface area contributed by atoms with Crippen molar-refractivity contribution in [1.82, 2.24) is 0 Å². The molecule has 0 saturated carbocycles. The zero-order chi connectivity index (χ0) is 11.1. The van der Waals surface area contributed by atoms with Gasteiger partial charge in [-0.3, -0.25) is 0 Å². The van der Waals surface area contributed by atoms with Crippen LogP contribution < -0.4 is 0 Å². The highest BCUT2D eigenvalue weighted by Gasteiger charge is 2.18. The van der Waals surface area contributed by atoms with Crippen LogP contribution in [0.3, 0.4) is 0 Å². The fourth-order valence-corrected chi connectivity index (χ4v) is 0.773. The predicted molar refractivity (Wildman–Crippen MR) is 48.6 cm³/mol. The molecule has 0 aliphatic rings. The molecule has 80 valence electrons. The Hall–Kier alpha value is -1.36. The van der Waals surface area contributed by atoms with E-state index in [0.29, 0.717) is 0 Å². The van der Waals surface area contributed by atoms with Gasteiger partial charge >= 0.3 is 11.9 Å². The van der Waals surface area contributed by atoms with Crippen LogP contribution in [0.2, 0.25) is 0 Å². The van der Waals surface area contributed by atoms with E-state index in [2.05, 4.69) is 9.47 Å². The van der Waals surface area contributed by atoms with Crippen LogP contribution in [0.1, 0.15) is 6.92 Å². The third-order valence-corrected chi connectivity index (χ3v) is 1.69. The molecule has 0 aromatic rings. The Kier molecular flexibility index (Phi) is 5.55. The molecule has 0 rings (SSSR count). The maximum atomic E-state index is 11.2. The summed E-state index contributed by atoms with van der Waals surface area (Å²) < 4.78 is 13.8. The summed E-state index contributed by atoms with van der Waals surface area (Å²) in [4.78, 5) is 22.1. The van der Waals surface area contributed by atoms with Gasteiger partial charge in [0.1, 0.15) is 0 Å². The topological polar surface area (TPSA) is 61.8 Å². The summed E-state index contributed by atoms with van der Waals surface area (Å²) in [7, 11) is 3.89. The van der Waals surface area contributed by atoms with Crippen LogP contribution in [-0.2, 0) is 23.8 Å². The van der Waals surface area contributed by atoms with Gasteiger partial charge in [-0.05, 0) is 6.92 Å². The highest BCUT2D eigenvalue weighted by molar-refractivity contribution is 5.97. The summed E-state index contributed by atoms with van der Waals surface area (Å²) in [6, 6.07) is 0. The van der Waals surface area contributed by atoms with Gasteiger partial charge in [-0.25, -0.2) is 9.59 Å². The smallest absolute Gasteiger partial charge is 0.336 e. The van der Waals surface area contributed by atoms with Gasteiger partial charge in [-0.1, -0.05) is 0 Å². The molecule has 0 amide bonds. The molecule has 5 nitrogen and oxygen atoms in total. The van der Waals surface area contributed by atoms with E-state index in [1.165, 1.54) is 21.3 Å². The summed E-state index contributed by atoms with van der Waals surface area (Å²) >= 11 is 0. The average Bonchev–Trinajstić information content (AvgIpc) is 2.23. The van der Waals surface area contributed by atoms with Crippen molar-refractivity contribution in [3.63, 3.8) is 0 Å². The summed E-state index contributed by atoms with van der Waals surface area (Å²) in [5.41, 5.74) is 0.127. The van der Waals surface area contributed by atoms with Crippen molar-refractivity contribution in [2.45, 2.75) is 13.0 Å². The third kappa shape index (κ3) is 3.57. The van der Waals surface area contributed by atoms with Gasteiger partial charge in [-0.2, -0.15) is 0 Å². The second-order valence-corrected chi connectivity index (χ2v) is 2.49. The zero-order valence-electron chi connectivity index (χ0n) is 8.70. The monoisotopic (exact) mass is 202 g/mol. The molecule has 0 aliphatic carbocycles. The van der Waals surface area contributed by atoms with Crippen molar-refractivity contribution in [2.24, 2.45) is 0 Å². The van der Waals surface area contributed by atoms with Gasteiger partial charge in [0.15, 0.2) is 0 Å². The second-order valence-electron chi connectivity index (χ2n) is 2.49. The molecule has 0 heterocycles. The molecule has 1 atom stereocenters. The Labute approximate surface area is 82.6 Å². The highest BCUT2D eigenvalue weighted by atomic mass is 16.5. The van der Waals surface area contributed by atoms with E-state index in [1.807, 2.05) is 0 Å². The number of ether oxygens (including phenoxy) is 3. The van der Waals surface area contributed by atoms with E-state index < -0.39 is 18.0 Å². The lowest BCUT2D eigenvalue weighted by Crippen LogP contribution is -2.20. The number of hydrogen-bond donors (Lipinski definition) is 0. The Morgan fingerprint density at radius 2 is 1.71 bits per heavy atom. The first kappa shape index (κ1) is 12.6. The van der Waals surface area contributed by atoms with E-state index in [9.17, 15) is 9.59 Å². The third-order valence-electron chi connectivity index (χ3n) is 1.69. The van der Waals surface area contributed by atoms with Crippen molar-refractivity contribution >= 4 is 11.9 Å². The summed E-state index contributed by atoms with van der Waals surface area (Å²) in [5, 5.41) is 0. The van der Waals surface area contributed by atoms with Crippen LogP contribution >= 0.6 is 0 Å². The Morgan fingerprint density at radius 1 is 1.14 bits per heavy atom. The van der Waals surface area contributed by atoms with Crippen LogP contribution in [0.25, 0.3) is 0 Å². The molecule has 0 radical (unpaired) electrons. The minimum atomic E-state index is -0.616. The molecule has 0 bridgehead atoms. The van der Waals surface area contributed by atoms with Gasteiger partial charge < -0.3 is 14.2 Å². The second kappa shape index (κ2) is 6.15. The number of hydrogen-bond acceptors (Lipinski definition) is 5. The number of carbonyl (C=O) groups is 2. The van der Waals surface area contributed by atoms with E-state index in [-0.39, 0.29) is 5.57 Å². The fraction of sp³-hybridized carbons (Fsp3) is 0.556. The molecular weight excluding hydrogens is 188 g/mol. The Bertz CT molecular complexity index is 244. The molecule has 0 fully saturated rings. The first-order valence-corrected chi connectivity index (χ1v) is 3.97. The number of esters is 2. The summed E-state index contributed by atoms with van der Waals surface area (Å²) in [6.07, 6.45) is 0.543. The van der Waals surface area contributed by atoms with Gasteiger partial charge in [-0.15, -0.1) is 0 Å². The van der Waals surface area contributed by atoms with Crippen LogP contribution in [0.15, 0.2) is 11.6 Å². The van der Waals surface area contributed by atoms with E-state index in [1.54, 1.807) is 6.92 Å². The molecule has 0 spiro atoms. The van der Waals surface area contributed by atoms with Crippen molar-refractivity contribution in [3.05, 3.63) is 11.6 Å². The van der Waals surface area contributed by atoms with Crippen LogP contribution in [-0.4, -0.2) is 39.4 Å².